The molecule has 3 aromatic carbocycles. The molecule has 3 aromatic rings. The predicted octanol–water partition coefficient (Wildman–Crippen LogP) is 5.19. The van der Waals surface area contributed by atoms with E-state index in [1.807, 2.05) is 24.3 Å². The Morgan fingerprint density at radius 1 is 0.967 bits per heavy atom. The number of rotatable bonds is 6. The van der Waals surface area contributed by atoms with Crippen molar-refractivity contribution >= 4 is 18.5 Å². The minimum atomic E-state index is -0.573. The zero-order chi connectivity index (χ0) is 20.9. The first-order chi connectivity index (χ1) is 14.7. The van der Waals surface area contributed by atoms with Crippen LogP contribution in [0.15, 0.2) is 72.8 Å². The molecular formula is C25H20FNO3. The van der Waals surface area contributed by atoms with Crippen LogP contribution in [0.25, 0.3) is 17.2 Å². The molecular weight excluding hydrogens is 381 g/mol. The number of aldehydes is 1. The van der Waals surface area contributed by atoms with Gasteiger partial charge in [0.15, 0.2) is 6.29 Å². The fourth-order valence-corrected chi connectivity index (χ4v) is 3.80. The normalized spacial score (nSPS) is 12.4. The molecule has 0 saturated carbocycles. The minimum absolute atomic E-state index is 0.00105. The van der Waals surface area contributed by atoms with Gasteiger partial charge < -0.3 is 10.1 Å². The molecule has 0 heterocycles. The Labute approximate surface area is 174 Å². The molecule has 0 atom stereocenters. The van der Waals surface area contributed by atoms with E-state index in [2.05, 4.69) is 29.6 Å². The van der Waals surface area contributed by atoms with Gasteiger partial charge in [-0.15, -0.1) is 0 Å². The molecule has 0 fully saturated rings. The van der Waals surface area contributed by atoms with E-state index in [4.69, 9.17) is 4.74 Å². The molecule has 0 aliphatic heterocycles. The van der Waals surface area contributed by atoms with Crippen molar-refractivity contribution in [2.45, 2.75) is 5.92 Å². The van der Waals surface area contributed by atoms with Gasteiger partial charge in [0.1, 0.15) is 12.4 Å². The van der Waals surface area contributed by atoms with Gasteiger partial charge in [0.2, 0.25) is 0 Å². The summed E-state index contributed by atoms with van der Waals surface area (Å²) < 4.78 is 19.0. The van der Waals surface area contributed by atoms with Crippen LogP contribution in [-0.4, -0.2) is 25.5 Å². The molecule has 0 spiro atoms. The summed E-state index contributed by atoms with van der Waals surface area (Å²) in [5.41, 5.74) is 5.10. The van der Waals surface area contributed by atoms with Crippen molar-refractivity contribution in [3.05, 3.63) is 101 Å². The van der Waals surface area contributed by atoms with Crippen LogP contribution in [0.4, 0.5) is 9.18 Å². The Bertz CT molecular complexity index is 1080. The van der Waals surface area contributed by atoms with E-state index in [1.165, 1.54) is 23.3 Å². The van der Waals surface area contributed by atoms with Crippen LogP contribution in [0.1, 0.15) is 33.0 Å². The lowest BCUT2D eigenvalue weighted by Crippen LogP contribution is -2.26. The average molecular weight is 401 g/mol. The van der Waals surface area contributed by atoms with Gasteiger partial charge in [-0.1, -0.05) is 72.8 Å². The van der Waals surface area contributed by atoms with Gasteiger partial charge >= 0.3 is 6.09 Å². The highest BCUT2D eigenvalue weighted by molar-refractivity contribution is 5.82. The van der Waals surface area contributed by atoms with Crippen LogP contribution in [0.3, 0.4) is 0 Å². The molecule has 0 bridgehead atoms. The summed E-state index contributed by atoms with van der Waals surface area (Å²) in [6.07, 6.45) is 3.18. The number of nitrogens with one attached hydrogen (secondary N) is 1. The number of hydrogen-bond acceptors (Lipinski definition) is 3. The van der Waals surface area contributed by atoms with Gasteiger partial charge in [-0.25, -0.2) is 9.18 Å². The number of amides is 1. The van der Waals surface area contributed by atoms with E-state index in [0.29, 0.717) is 11.8 Å². The third-order valence-electron chi connectivity index (χ3n) is 5.21. The van der Waals surface area contributed by atoms with E-state index in [9.17, 15) is 14.0 Å². The summed E-state index contributed by atoms with van der Waals surface area (Å²) in [4.78, 5) is 23.1. The fraction of sp³-hybridized carbons (Fsp3) is 0.120. The maximum atomic E-state index is 13.6. The lowest BCUT2D eigenvalue weighted by Gasteiger charge is -2.14. The quantitative estimate of drug-likeness (QED) is 0.579. The molecule has 0 unspecified atom stereocenters. The zero-order valence-electron chi connectivity index (χ0n) is 16.2. The van der Waals surface area contributed by atoms with Crippen molar-refractivity contribution in [2.24, 2.45) is 0 Å². The van der Waals surface area contributed by atoms with Crippen molar-refractivity contribution in [3.63, 3.8) is 0 Å². The molecule has 5 heteroatoms. The highest BCUT2D eigenvalue weighted by atomic mass is 19.1. The number of alkyl carbamates (subject to hydrolysis) is 1. The standard InChI is InChI=1S/C25H20FNO3/c26-24-13-5-7-17(22(24)15-28)8-6-14-27-25(29)30-16-23-20-11-3-1-9-18(20)19-10-2-4-12-21(19)23/h1-13,15,23H,14,16H2,(H,27,29). The monoisotopic (exact) mass is 401 g/mol. The molecule has 1 aliphatic carbocycles. The minimum Gasteiger partial charge on any atom is -0.449 e. The number of halogens is 1. The lowest BCUT2D eigenvalue weighted by molar-refractivity contribution is 0.111. The number of carbonyl (C=O) groups excluding carboxylic acids is 2. The van der Waals surface area contributed by atoms with Gasteiger partial charge in [0.05, 0.1) is 5.56 Å². The second-order valence-electron chi connectivity index (χ2n) is 6.97. The van der Waals surface area contributed by atoms with Crippen LogP contribution in [0.2, 0.25) is 0 Å². The summed E-state index contributed by atoms with van der Waals surface area (Å²) >= 11 is 0. The molecule has 0 saturated heterocycles. The van der Waals surface area contributed by atoms with E-state index in [0.717, 1.165) is 11.1 Å². The molecule has 30 heavy (non-hydrogen) atoms. The number of hydrogen-bond donors (Lipinski definition) is 1. The molecule has 4 rings (SSSR count). The van der Waals surface area contributed by atoms with E-state index < -0.39 is 11.9 Å². The third kappa shape index (κ3) is 3.87. The highest BCUT2D eigenvalue weighted by Crippen LogP contribution is 2.44. The smallest absolute Gasteiger partial charge is 0.407 e. The topological polar surface area (TPSA) is 55.4 Å². The van der Waals surface area contributed by atoms with Crippen LogP contribution in [0, 0.1) is 5.82 Å². The first-order valence-electron chi connectivity index (χ1n) is 9.68. The Kier molecular flexibility index (Phi) is 5.70. The second-order valence-corrected chi connectivity index (χ2v) is 6.97. The molecule has 1 amide bonds. The maximum Gasteiger partial charge on any atom is 0.407 e. The van der Waals surface area contributed by atoms with Gasteiger partial charge in [0.25, 0.3) is 0 Å². The second kappa shape index (κ2) is 8.74. The molecule has 1 aliphatic rings. The Hall–Kier alpha value is -3.73. The van der Waals surface area contributed by atoms with Gasteiger partial charge in [-0.05, 0) is 33.9 Å². The number of carbonyl (C=O) groups is 2. The van der Waals surface area contributed by atoms with Crippen molar-refractivity contribution in [2.75, 3.05) is 13.2 Å². The molecule has 150 valence electrons. The van der Waals surface area contributed by atoms with Crippen LogP contribution < -0.4 is 5.32 Å². The lowest BCUT2D eigenvalue weighted by atomic mass is 9.98. The van der Waals surface area contributed by atoms with E-state index in [1.54, 1.807) is 18.2 Å². The first-order valence-corrected chi connectivity index (χ1v) is 9.68. The van der Waals surface area contributed by atoms with Crippen LogP contribution in [-0.2, 0) is 4.74 Å². The van der Waals surface area contributed by atoms with E-state index >= 15 is 0 Å². The Morgan fingerprint density at radius 3 is 2.30 bits per heavy atom. The van der Waals surface area contributed by atoms with Crippen LogP contribution in [0.5, 0.6) is 0 Å². The summed E-state index contributed by atoms with van der Waals surface area (Å²) in [7, 11) is 0. The van der Waals surface area contributed by atoms with Crippen molar-refractivity contribution in [1.82, 2.24) is 5.32 Å². The maximum absolute atomic E-state index is 13.6. The predicted molar refractivity (Wildman–Crippen MR) is 114 cm³/mol. The molecule has 1 N–H and O–H groups in total. The van der Waals surface area contributed by atoms with Gasteiger partial charge in [-0.3, -0.25) is 4.79 Å². The van der Waals surface area contributed by atoms with Gasteiger partial charge in [-0.2, -0.15) is 0 Å². The summed E-state index contributed by atoms with van der Waals surface area (Å²) in [5, 5.41) is 2.65. The number of fused-ring (bicyclic) bond motifs is 3. The summed E-state index contributed by atoms with van der Waals surface area (Å²) in [6.45, 7) is 0.439. The molecule has 0 aromatic heterocycles. The molecule has 0 radical (unpaired) electrons. The Morgan fingerprint density at radius 2 is 1.63 bits per heavy atom. The Balaban J connectivity index is 1.35. The SMILES string of the molecule is O=Cc1c(F)cccc1C=CCNC(=O)OCC1c2ccccc2-c2ccccc21. The largest absolute Gasteiger partial charge is 0.449 e. The van der Waals surface area contributed by atoms with Crippen LogP contribution >= 0.6 is 0 Å². The van der Waals surface area contributed by atoms with E-state index in [-0.39, 0.29) is 24.6 Å². The summed E-state index contributed by atoms with van der Waals surface area (Å²) in [5.74, 6) is -0.571. The first kappa shape index (κ1) is 19.6. The molecule has 4 nitrogen and oxygen atoms in total. The zero-order valence-corrected chi connectivity index (χ0v) is 16.2. The number of benzene rings is 3. The van der Waals surface area contributed by atoms with Crippen molar-refractivity contribution in [1.29, 1.82) is 0 Å². The fourth-order valence-electron chi connectivity index (χ4n) is 3.80. The van der Waals surface area contributed by atoms with Gasteiger partial charge in [0, 0.05) is 12.5 Å². The summed E-state index contributed by atoms with van der Waals surface area (Å²) in [6, 6.07) is 20.7. The highest BCUT2D eigenvalue weighted by Gasteiger charge is 2.28. The third-order valence-corrected chi connectivity index (χ3v) is 5.21. The van der Waals surface area contributed by atoms with Crippen molar-refractivity contribution in [3.8, 4) is 11.1 Å². The number of ether oxygens (including phenoxy) is 1. The average Bonchev–Trinajstić information content (AvgIpc) is 3.09. The van der Waals surface area contributed by atoms with Crippen molar-refractivity contribution < 1.29 is 18.7 Å².